The van der Waals surface area contributed by atoms with Crippen LogP contribution in [0.25, 0.3) is 0 Å². The fourth-order valence-corrected chi connectivity index (χ4v) is 1.79. The number of hydrogen-bond acceptors (Lipinski definition) is 2. The van der Waals surface area contributed by atoms with Crippen molar-refractivity contribution in [1.82, 2.24) is 10.2 Å². The molecule has 0 aromatic rings. The molecule has 2 N–H and O–H groups in total. The SMILES string of the molecule is C=CCNC(=O)N1CCCC1(C)CO. The van der Waals surface area contributed by atoms with E-state index in [0.717, 1.165) is 19.4 Å². The van der Waals surface area contributed by atoms with Crippen molar-refractivity contribution < 1.29 is 9.90 Å². The van der Waals surface area contributed by atoms with Crippen molar-refractivity contribution in [1.29, 1.82) is 0 Å². The Morgan fingerprint density at radius 1 is 1.79 bits per heavy atom. The number of amides is 2. The van der Waals surface area contributed by atoms with Crippen LogP contribution in [0.4, 0.5) is 4.79 Å². The van der Waals surface area contributed by atoms with Gasteiger partial charge in [-0.05, 0) is 19.8 Å². The summed E-state index contributed by atoms with van der Waals surface area (Å²) >= 11 is 0. The molecule has 0 aromatic heterocycles. The van der Waals surface area contributed by atoms with E-state index in [0.29, 0.717) is 6.54 Å². The van der Waals surface area contributed by atoms with E-state index in [-0.39, 0.29) is 18.2 Å². The van der Waals surface area contributed by atoms with Gasteiger partial charge < -0.3 is 15.3 Å². The Morgan fingerprint density at radius 3 is 3.07 bits per heavy atom. The highest BCUT2D eigenvalue weighted by Gasteiger charge is 2.38. The molecule has 4 heteroatoms. The number of carbonyl (C=O) groups excluding carboxylic acids is 1. The highest BCUT2D eigenvalue weighted by Crippen LogP contribution is 2.28. The van der Waals surface area contributed by atoms with E-state index in [1.165, 1.54) is 0 Å². The van der Waals surface area contributed by atoms with Crippen LogP contribution >= 0.6 is 0 Å². The summed E-state index contributed by atoms with van der Waals surface area (Å²) in [6, 6.07) is -0.112. The third-order valence-corrected chi connectivity index (χ3v) is 2.73. The van der Waals surface area contributed by atoms with Crippen LogP contribution in [0.2, 0.25) is 0 Å². The average molecular weight is 198 g/mol. The molecule has 1 saturated heterocycles. The summed E-state index contributed by atoms with van der Waals surface area (Å²) in [7, 11) is 0. The maximum absolute atomic E-state index is 11.6. The number of carbonyl (C=O) groups is 1. The summed E-state index contributed by atoms with van der Waals surface area (Å²) < 4.78 is 0. The van der Waals surface area contributed by atoms with Crippen LogP contribution in [0.1, 0.15) is 19.8 Å². The lowest BCUT2D eigenvalue weighted by Crippen LogP contribution is -2.51. The van der Waals surface area contributed by atoms with Crippen molar-refractivity contribution in [3.05, 3.63) is 12.7 Å². The average Bonchev–Trinajstić information content (AvgIpc) is 2.57. The van der Waals surface area contributed by atoms with E-state index >= 15 is 0 Å². The minimum Gasteiger partial charge on any atom is -0.394 e. The van der Waals surface area contributed by atoms with Crippen molar-refractivity contribution >= 4 is 6.03 Å². The van der Waals surface area contributed by atoms with Gasteiger partial charge in [-0.2, -0.15) is 0 Å². The van der Waals surface area contributed by atoms with Crippen molar-refractivity contribution in [2.45, 2.75) is 25.3 Å². The van der Waals surface area contributed by atoms with E-state index in [4.69, 9.17) is 0 Å². The Kier molecular flexibility index (Phi) is 3.52. The van der Waals surface area contributed by atoms with Gasteiger partial charge in [0.05, 0.1) is 12.1 Å². The van der Waals surface area contributed by atoms with Crippen LogP contribution < -0.4 is 5.32 Å². The number of nitrogens with one attached hydrogen (secondary N) is 1. The second-order valence-electron chi connectivity index (χ2n) is 3.88. The quantitative estimate of drug-likeness (QED) is 0.657. The smallest absolute Gasteiger partial charge is 0.318 e. The molecule has 0 aliphatic carbocycles. The standard InChI is InChI=1S/C10H18N2O2/c1-3-6-11-9(14)12-7-4-5-10(12,2)8-13/h3,13H,1,4-8H2,2H3,(H,11,14). The predicted molar refractivity (Wildman–Crippen MR) is 55.0 cm³/mol. The van der Waals surface area contributed by atoms with Crippen molar-refractivity contribution in [3.63, 3.8) is 0 Å². The summed E-state index contributed by atoms with van der Waals surface area (Å²) in [6.07, 6.45) is 3.47. The molecule has 4 nitrogen and oxygen atoms in total. The highest BCUT2D eigenvalue weighted by molar-refractivity contribution is 5.75. The Labute approximate surface area is 84.6 Å². The molecule has 1 fully saturated rings. The number of urea groups is 1. The largest absolute Gasteiger partial charge is 0.394 e. The topological polar surface area (TPSA) is 52.6 Å². The fourth-order valence-electron chi connectivity index (χ4n) is 1.79. The van der Waals surface area contributed by atoms with Crippen molar-refractivity contribution in [2.75, 3.05) is 19.7 Å². The molecule has 14 heavy (non-hydrogen) atoms. The maximum atomic E-state index is 11.6. The molecule has 1 rings (SSSR count). The molecule has 0 bridgehead atoms. The highest BCUT2D eigenvalue weighted by atomic mass is 16.3. The molecular formula is C10H18N2O2. The van der Waals surface area contributed by atoms with Crippen LogP contribution in [0, 0.1) is 0 Å². The first-order chi connectivity index (χ1) is 6.64. The molecule has 1 aliphatic heterocycles. The maximum Gasteiger partial charge on any atom is 0.318 e. The minimum atomic E-state index is -0.384. The van der Waals surface area contributed by atoms with Gasteiger partial charge in [0, 0.05) is 13.1 Å². The summed E-state index contributed by atoms with van der Waals surface area (Å²) in [5, 5.41) is 11.9. The van der Waals surface area contributed by atoms with Gasteiger partial charge in [0.2, 0.25) is 0 Å². The summed E-state index contributed by atoms with van der Waals surface area (Å²) in [4.78, 5) is 13.3. The minimum absolute atomic E-state index is 0.0223. The second kappa shape index (κ2) is 4.46. The third-order valence-electron chi connectivity index (χ3n) is 2.73. The molecule has 1 unspecified atom stereocenters. The number of hydrogen-bond donors (Lipinski definition) is 2. The van der Waals surface area contributed by atoms with E-state index in [2.05, 4.69) is 11.9 Å². The Balaban J connectivity index is 2.57. The van der Waals surface area contributed by atoms with Gasteiger partial charge in [-0.15, -0.1) is 6.58 Å². The molecule has 80 valence electrons. The summed E-state index contributed by atoms with van der Waals surface area (Å²) in [5.74, 6) is 0. The normalized spacial score (nSPS) is 26.3. The summed E-state index contributed by atoms with van der Waals surface area (Å²) in [6.45, 7) is 6.66. The van der Waals surface area contributed by atoms with Gasteiger partial charge in [-0.3, -0.25) is 0 Å². The molecule has 0 aromatic carbocycles. The van der Waals surface area contributed by atoms with Crippen LogP contribution in [-0.2, 0) is 0 Å². The molecule has 1 atom stereocenters. The first kappa shape index (κ1) is 11.0. The van der Waals surface area contributed by atoms with Gasteiger partial charge >= 0.3 is 6.03 Å². The van der Waals surface area contributed by atoms with Gasteiger partial charge in [-0.25, -0.2) is 4.79 Å². The monoisotopic (exact) mass is 198 g/mol. The molecule has 1 aliphatic rings. The lowest BCUT2D eigenvalue weighted by Gasteiger charge is -2.33. The molecule has 0 saturated carbocycles. The van der Waals surface area contributed by atoms with Gasteiger partial charge in [-0.1, -0.05) is 6.08 Å². The van der Waals surface area contributed by atoms with Crippen LogP contribution in [0.15, 0.2) is 12.7 Å². The first-order valence-electron chi connectivity index (χ1n) is 4.91. The number of rotatable bonds is 3. The van der Waals surface area contributed by atoms with E-state index in [1.807, 2.05) is 6.92 Å². The zero-order valence-electron chi connectivity index (χ0n) is 8.62. The fraction of sp³-hybridized carbons (Fsp3) is 0.700. The van der Waals surface area contributed by atoms with Crippen LogP contribution in [0.3, 0.4) is 0 Å². The number of likely N-dealkylation sites (tertiary alicyclic amines) is 1. The predicted octanol–water partition coefficient (Wildman–Crippen LogP) is 0.729. The molecule has 2 amide bonds. The number of nitrogens with zero attached hydrogens (tertiary/aromatic N) is 1. The Bertz CT molecular complexity index is 230. The van der Waals surface area contributed by atoms with Crippen LogP contribution in [-0.4, -0.2) is 41.3 Å². The second-order valence-corrected chi connectivity index (χ2v) is 3.88. The van der Waals surface area contributed by atoms with E-state index in [9.17, 15) is 9.90 Å². The van der Waals surface area contributed by atoms with Crippen molar-refractivity contribution in [3.8, 4) is 0 Å². The number of aliphatic hydroxyl groups is 1. The van der Waals surface area contributed by atoms with Crippen molar-refractivity contribution in [2.24, 2.45) is 0 Å². The van der Waals surface area contributed by atoms with E-state index in [1.54, 1.807) is 11.0 Å². The van der Waals surface area contributed by atoms with Gasteiger partial charge in [0.1, 0.15) is 0 Å². The Morgan fingerprint density at radius 2 is 2.50 bits per heavy atom. The van der Waals surface area contributed by atoms with Gasteiger partial charge in [0.25, 0.3) is 0 Å². The zero-order chi connectivity index (χ0) is 10.6. The summed E-state index contributed by atoms with van der Waals surface area (Å²) in [5.41, 5.74) is -0.384. The number of aliphatic hydroxyl groups excluding tert-OH is 1. The van der Waals surface area contributed by atoms with Crippen LogP contribution in [0.5, 0.6) is 0 Å². The third kappa shape index (κ3) is 2.07. The lowest BCUT2D eigenvalue weighted by molar-refractivity contribution is 0.0979. The zero-order valence-corrected chi connectivity index (χ0v) is 8.62. The molecular weight excluding hydrogens is 180 g/mol. The molecule has 0 radical (unpaired) electrons. The molecule has 1 heterocycles. The van der Waals surface area contributed by atoms with Gasteiger partial charge in [0.15, 0.2) is 0 Å². The lowest BCUT2D eigenvalue weighted by atomic mass is 10.0. The molecule has 0 spiro atoms. The van der Waals surface area contributed by atoms with E-state index < -0.39 is 0 Å². The Hall–Kier alpha value is -1.03. The first-order valence-corrected chi connectivity index (χ1v) is 4.91.